The topological polar surface area (TPSA) is 114 Å². The molecule has 33 heavy (non-hydrogen) atoms. The molecule has 4 N–H and O–H groups in total. The molecule has 1 aliphatic heterocycles. The Kier molecular flexibility index (Phi) is 8.79. The molecule has 0 radical (unpaired) electrons. The molecule has 3 rings (SSSR count). The van der Waals surface area contributed by atoms with Crippen LogP contribution in [0.5, 0.6) is 0 Å². The number of piperidine rings is 1. The zero-order valence-electron chi connectivity index (χ0n) is 19.2. The molecule has 1 heterocycles. The average Bonchev–Trinajstić information content (AvgIpc) is 2.87. The van der Waals surface area contributed by atoms with Gasteiger partial charge in [-0.3, -0.25) is 19.8 Å². The van der Waals surface area contributed by atoms with E-state index in [4.69, 9.17) is 10.5 Å². The van der Waals surface area contributed by atoms with Crippen LogP contribution in [-0.2, 0) is 20.7 Å². The number of anilines is 1. The normalized spacial score (nSPS) is 21.2. The van der Waals surface area contributed by atoms with E-state index in [0.29, 0.717) is 18.7 Å². The van der Waals surface area contributed by atoms with E-state index in [9.17, 15) is 14.4 Å². The number of nitrogens with zero attached hydrogens (tertiary/aromatic N) is 1. The lowest BCUT2D eigenvalue weighted by molar-refractivity contribution is -0.125. The summed E-state index contributed by atoms with van der Waals surface area (Å²) in [6.07, 6.45) is 9.57. The molecular formula is C25H34N4O4. The molecule has 1 unspecified atom stereocenters. The molecule has 1 fully saturated rings. The first-order valence-corrected chi connectivity index (χ1v) is 11.5. The first-order valence-electron chi connectivity index (χ1n) is 11.5. The van der Waals surface area contributed by atoms with Gasteiger partial charge in [0.2, 0.25) is 6.41 Å². The molecule has 8 heteroatoms. The van der Waals surface area contributed by atoms with E-state index >= 15 is 0 Å². The van der Waals surface area contributed by atoms with Gasteiger partial charge in [0.05, 0.1) is 12.0 Å². The Morgan fingerprint density at radius 1 is 1.24 bits per heavy atom. The third-order valence-corrected chi connectivity index (χ3v) is 6.58. The summed E-state index contributed by atoms with van der Waals surface area (Å²) in [6, 6.07) is 7.73. The minimum absolute atomic E-state index is 0.0515. The number of aryl methyl sites for hydroxylation is 1. The van der Waals surface area contributed by atoms with E-state index in [1.54, 1.807) is 0 Å². The van der Waals surface area contributed by atoms with Crippen LogP contribution >= 0.6 is 0 Å². The van der Waals surface area contributed by atoms with Gasteiger partial charge in [0, 0.05) is 25.3 Å². The first-order chi connectivity index (χ1) is 16.0. The van der Waals surface area contributed by atoms with E-state index < -0.39 is 11.5 Å². The zero-order valence-corrected chi connectivity index (χ0v) is 19.2. The molecule has 178 valence electrons. The zero-order chi connectivity index (χ0) is 23.7. The predicted molar refractivity (Wildman–Crippen MR) is 127 cm³/mol. The van der Waals surface area contributed by atoms with Crippen LogP contribution in [0, 0.1) is 11.3 Å². The van der Waals surface area contributed by atoms with E-state index in [-0.39, 0.29) is 25.6 Å². The first kappa shape index (κ1) is 24.7. The number of Topliss-reactive ketones (excluding diaryl/α,β-unsaturated/α-hetero) is 1. The number of carbonyl (C=O) groups is 3. The highest BCUT2D eigenvalue weighted by Crippen LogP contribution is 2.35. The predicted octanol–water partition coefficient (Wildman–Crippen LogP) is 2.61. The number of allylic oxidation sites excluding steroid dienone is 3. The van der Waals surface area contributed by atoms with Crippen molar-refractivity contribution >= 4 is 24.0 Å². The van der Waals surface area contributed by atoms with Gasteiger partial charge < -0.3 is 15.8 Å². The van der Waals surface area contributed by atoms with Gasteiger partial charge in [0.1, 0.15) is 6.73 Å². The summed E-state index contributed by atoms with van der Waals surface area (Å²) in [5.41, 5.74) is 8.00. The van der Waals surface area contributed by atoms with Crippen LogP contribution < -0.4 is 16.4 Å². The van der Waals surface area contributed by atoms with Gasteiger partial charge in [-0.1, -0.05) is 37.3 Å². The maximum atomic E-state index is 12.4. The number of hydrogen-bond acceptors (Lipinski definition) is 6. The number of benzene rings is 1. The monoisotopic (exact) mass is 454 g/mol. The smallest absolute Gasteiger partial charge is 0.412 e. The number of likely N-dealkylation sites (tertiary alicyclic amines) is 1. The van der Waals surface area contributed by atoms with Crippen LogP contribution in [0.1, 0.15) is 31.7 Å². The second kappa shape index (κ2) is 11.8. The molecule has 1 aromatic rings. The Morgan fingerprint density at radius 2 is 1.97 bits per heavy atom. The molecule has 0 spiro atoms. The van der Waals surface area contributed by atoms with Gasteiger partial charge in [0.25, 0.3) is 0 Å². The molecule has 2 aliphatic rings. The lowest BCUT2D eigenvalue weighted by Gasteiger charge is -2.35. The van der Waals surface area contributed by atoms with Crippen LogP contribution in [0.2, 0.25) is 0 Å². The summed E-state index contributed by atoms with van der Waals surface area (Å²) in [7, 11) is 0. The Morgan fingerprint density at radius 3 is 2.55 bits per heavy atom. The van der Waals surface area contributed by atoms with Gasteiger partial charge in [-0.05, 0) is 54.9 Å². The number of rotatable bonds is 10. The minimum atomic E-state index is -0.752. The lowest BCUT2D eigenvalue weighted by Crippen LogP contribution is -2.43. The van der Waals surface area contributed by atoms with Crippen molar-refractivity contribution in [1.29, 1.82) is 0 Å². The van der Waals surface area contributed by atoms with E-state index in [1.807, 2.05) is 36.4 Å². The van der Waals surface area contributed by atoms with Gasteiger partial charge in [-0.2, -0.15) is 0 Å². The number of ketones is 1. The summed E-state index contributed by atoms with van der Waals surface area (Å²) in [6.45, 7) is 4.20. The highest BCUT2D eigenvalue weighted by Gasteiger charge is 2.36. The van der Waals surface area contributed by atoms with Gasteiger partial charge in [-0.25, -0.2) is 4.79 Å². The quantitative estimate of drug-likeness (QED) is 0.468. The Bertz CT molecular complexity index is 888. The molecule has 1 saturated heterocycles. The third-order valence-electron chi connectivity index (χ3n) is 6.58. The molecule has 0 saturated carbocycles. The SMILES string of the molecule is CCc1ccc(NC(=O)OCN2CCC(C3=CCC(CNC=O)(C(=O)CN)C=C3)CC2)cc1. The van der Waals surface area contributed by atoms with E-state index in [1.165, 1.54) is 11.1 Å². The van der Waals surface area contributed by atoms with Crippen molar-refractivity contribution < 1.29 is 19.1 Å². The number of ether oxygens (including phenoxy) is 1. The van der Waals surface area contributed by atoms with Crippen LogP contribution in [0.3, 0.4) is 0 Å². The number of amides is 2. The highest BCUT2D eigenvalue weighted by atomic mass is 16.6. The molecule has 8 nitrogen and oxygen atoms in total. The number of carbonyl (C=O) groups excluding carboxylic acids is 3. The third kappa shape index (κ3) is 6.52. The number of nitrogens with two attached hydrogens (primary N) is 1. The minimum Gasteiger partial charge on any atom is -0.433 e. The second-order valence-electron chi connectivity index (χ2n) is 8.65. The van der Waals surface area contributed by atoms with Crippen molar-refractivity contribution in [2.75, 3.05) is 38.2 Å². The van der Waals surface area contributed by atoms with Crippen LogP contribution in [0.15, 0.2) is 48.1 Å². The maximum Gasteiger partial charge on any atom is 0.412 e. The van der Waals surface area contributed by atoms with Crippen molar-refractivity contribution in [3.63, 3.8) is 0 Å². The largest absolute Gasteiger partial charge is 0.433 e. The Balaban J connectivity index is 1.43. The van der Waals surface area contributed by atoms with E-state index in [0.717, 1.165) is 38.0 Å². The molecular weight excluding hydrogens is 420 g/mol. The van der Waals surface area contributed by atoms with Gasteiger partial charge >= 0.3 is 6.09 Å². The summed E-state index contributed by atoms with van der Waals surface area (Å²) in [5, 5.41) is 5.39. The second-order valence-corrected chi connectivity index (χ2v) is 8.65. The summed E-state index contributed by atoms with van der Waals surface area (Å²) in [5.74, 6) is 0.323. The molecule has 0 bridgehead atoms. The standard InChI is InChI=1S/C25H34N4O4/c1-2-19-3-5-22(6-4-19)28-24(32)33-18-29-13-9-21(10-14-29)20-7-11-25(12-8-20,16-27-17-30)23(31)15-26/h3-8,11,17,21H,2,9-10,12-16,18,26H2,1H3,(H,27,30)(H,28,32). The van der Waals surface area contributed by atoms with Gasteiger partial charge in [-0.15, -0.1) is 0 Å². The van der Waals surface area contributed by atoms with Crippen molar-refractivity contribution in [3.8, 4) is 0 Å². The van der Waals surface area contributed by atoms with E-state index in [2.05, 4.69) is 28.5 Å². The fraction of sp³-hybridized carbons (Fsp3) is 0.480. The molecule has 1 aromatic carbocycles. The maximum absolute atomic E-state index is 12.4. The van der Waals surface area contributed by atoms with Crippen LogP contribution in [0.4, 0.5) is 10.5 Å². The summed E-state index contributed by atoms with van der Waals surface area (Å²) >= 11 is 0. The van der Waals surface area contributed by atoms with Gasteiger partial charge in [0.15, 0.2) is 5.78 Å². The van der Waals surface area contributed by atoms with Crippen molar-refractivity contribution in [1.82, 2.24) is 10.2 Å². The summed E-state index contributed by atoms with van der Waals surface area (Å²) < 4.78 is 5.39. The molecule has 0 aromatic heterocycles. The van der Waals surface area contributed by atoms with Crippen molar-refractivity contribution in [2.24, 2.45) is 17.1 Å². The number of hydrogen-bond donors (Lipinski definition) is 3. The van der Waals surface area contributed by atoms with Crippen LogP contribution in [0.25, 0.3) is 0 Å². The Hall–Kier alpha value is -2.97. The number of nitrogens with one attached hydrogen (secondary N) is 2. The fourth-order valence-electron chi connectivity index (χ4n) is 4.38. The fourth-order valence-corrected chi connectivity index (χ4v) is 4.38. The average molecular weight is 455 g/mol. The lowest BCUT2D eigenvalue weighted by atomic mass is 9.73. The van der Waals surface area contributed by atoms with Crippen molar-refractivity contribution in [3.05, 3.63) is 53.6 Å². The van der Waals surface area contributed by atoms with Crippen LogP contribution in [-0.4, -0.2) is 56.1 Å². The highest BCUT2D eigenvalue weighted by molar-refractivity contribution is 5.89. The molecule has 2 amide bonds. The Labute approximate surface area is 195 Å². The molecule has 1 atom stereocenters. The molecule has 1 aliphatic carbocycles. The van der Waals surface area contributed by atoms with Crippen molar-refractivity contribution in [2.45, 2.75) is 32.6 Å². The summed E-state index contributed by atoms with van der Waals surface area (Å²) in [4.78, 5) is 37.3.